The van der Waals surface area contributed by atoms with Crippen LogP contribution in [0.4, 0.5) is 0 Å². The number of rotatable bonds is 0. The molecule has 5 heteroatoms. The summed E-state index contributed by atoms with van der Waals surface area (Å²) in [6.45, 7) is 0. The summed E-state index contributed by atoms with van der Waals surface area (Å²) in [5.41, 5.74) is 0. The van der Waals surface area contributed by atoms with Crippen molar-refractivity contribution in [2.75, 3.05) is 0 Å². The molecule has 0 saturated carbocycles. The first-order chi connectivity index (χ1) is 0. The molecule has 0 aromatic heterocycles. The standard InChI is InChI=1S/3Ac.Na.H2O/h;;;;1H2/q;;;+1;/p-1. The summed E-state index contributed by atoms with van der Waals surface area (Å²) in [4.78, 5) is 0. The summed E-state index contributed by atoms with van der Waals surface area (Å²) >= 11 is 0. The van der Waals surface area contributed by atoms with E-state index in [2.05, 4.69) is 0 Å². The van der Waals surface area contributed by atoms with Crippen LogP contribution >= 0.6 is 0 Å². The molecule has 3 radical (unpaired) electrons. The first kappa shape index (κ1) is 31.7. The SMILES string of the molecule is [Ac].[Ac].[Ac].[Na+].[OH-]. The normalized spacial score (nSPS) is 0. The van der Waals surface area contributed by atoms with Gasteiger partial charge >= 0.3 is 29.6 Å². The van der Waals surface area contributed by atoms with E-state index in [0.29, 0.717) is 0 Å². The minimum Gasteiger partial charge on any atom is -0.870 e. The molecule has 0 heterocycles. The van der Waals surface area contributed by atoms with Gasteiger partial charge in [-0.25, -0.2) is 0 Å². The van der Waals surface area contributed by atoms with Crippen molar-refractivity contribution >= 4 is 0 Å². The van der Waals surface area contributed by atoms with E-state index in [0.717, 1.165) is 0 Å². The Kier molecular flexibility index (Phi) is 145. The van der Waals surface area contributed by atoms with Gasteiger partial charge in [-0.1, -0.05) is 0 Å². The van der Waals surface area contributed by atoms with Crippen LogP contribution in [0.25, 0.3) is 0 Å². The Morgan fingerprint density at radius 2 is 0.600 bits per heavy atom. The number of hydrogen-bond donors (Lipinski definition) is 0. The molecular formula is HAc3NaO. The Morgan fingerprint density at radius 1 is 0.600 bits per heavy atom. The zero-order valence-electron chi connectivity index (χ0n) is 3.18. The van der Waals surface area contributed by atoms with Crippen molar-refractivity contribution in [2.45, 2.75) is 0 Å². The molecule has 0 aromatic rings. The molecule has 0 spiro atoms. The smallest absolute Gasteiger partial charge is 0.870 e. The van der Waals surface area contributed by atoms with Gasteiger partial charge in [-0.3, -0.25) is 0 Å². The average Bonchev–Trinajstić information content (AvgIpc) is 0. The average molecular weight is 721 g/mol. The summed E-state index contributed by atoms with van der Waals surface area (Å²) in [7, 11) is 0. The molecule has 0 atom stereocenters. The van der Waals surface area contributed by atoms with Gasteiger partial charge < -0.3 is 5.48 Å². The second kappa shape index (κ2) is 22.8. The van der Waals surface area contributed by atoms with Gasteiger partial charge in [0.2, 0.25) is 0 Å². The van der Waals surface area contributed by atoms with Gasteiger partial charge in [-0.05, 0) is 0 Å². The molecule has 1 N–H and O–H groups in total. The van der Waals surface area contributed by atoms with E-state index in [1.165, 1.54) is 0 Å². The van der Waals surface area contributed by atoms with Gasteiger partial charge in [0.25, 0.3) is 0 Å². The largest absolute Gasteiger partial charge is 1.00 e. The summed E-state index contributed by atoms with van der Waals surface area (Å²) < 4.78 is 0. The topological polar surface area (TPSA) is 30.0 Å². The van der Waals surface area contributed by atoms with Crippen molar-refractivity contribution in [1.29, 1.82) is 0 Å². The predicted molar refractivity (Wildman–Crippen MR) is 1.94 cm³/mol. The maximum absolute atomic E-state index is 0. The Morgan fingerprint density at radius 3 is 0.600 bits per heavy atom. The monoisotopic (exact) mass is 721 g/mol. The van der Waals surface area contributed by atoms with Crippen LogP contribution in [0.2, 0.25) is 0 Å². The zero-order valence-corrected chi connectivity index (χ0v) is 19.4. The zero-order chi connectivity index (χ0) is 0. The molecule has 17 valence electrons. The van der Waals surface area contributed by atoms with Gasteiger partial charge in [0.1, 0.15) is 0 Å². The fourth-order valence-corrected chi connectivity index (χ4v) is 0. The third kappa shape index (κ3) is 17.6. The van der Waals surface area contributed by atoms with E-state index >= 15 is 0 Å². The van der Waals surface area contributed by atoms with Crippen LogP contribution < -0.4 is 29.6 Å². The van der Waals surface area contributed by atoms with Crippen molar-refractivity contribution < 1.29 is 167 Å². The number of hydrogen-bond acceptors (Lipinski definition) is 1. The van der Waals surface area contributed by atoms with Crippen molar-refractivity contribution in [3.8, 4) is 0 Å². The van der Waals surface area contributed by atoms with Crippen molar-refractivity contribution in [2.24, 2.45) is 0 Å². The van der Waals surface area contributed by atoms with Crippen molar-refractivity contribution in [3.05, 3.63) is 0 Å². The minimum atomic E-state index is 0. The quantitative estimate of drug-likeness (QED) is 0.243. The molecule has 0 aromatic carbocycles. The molecule has 0 saturated heterocycles. The van der Waals surface area contributed by atoms with Crippen LogP contribution in [0.5, 0.6) is 0 Å². The predicted octanol–water partition coefficient (Wildman–Crippen LogP) is -3.17. The Bertz CT molecular complexity index is 6.85. The fourth-order valence-electron chi connectivity index (χ4n) is 0. The minimum absolute atomic E-state index is 0. The van der Waals surface area contributed by atoms with E-state index in [1.54, 1.807) is 0 Å². The molecule has 0 aliphatic carbocycles. The van der Waals surface area contributed by atoms with Crippen LogP contribution in [0.1, 0.15) is 0 Å². The molecule has 0 amide bonds. The molecule has 0 rings (SSSR count). The van der Waals surface area contributed by atoms with Crippen LogP contribution in [0.15, 0.2) is 0 Å². The summed E-state index contributed by atoms with van der Waals surface area (Å²) in [6.07, 6.45) is 0. The van der Waals surface area contributed by atoms with Crippen LogP contribution in [0, 0.1) is 132 Å². The van der Waals surface area contributed by atoms with Gasteiger partial charge in [0.15, 0.2) is 0 Å². The first-order valence-corrected chi connectivity index (χ1v) is 0. The van der Waals surface area contributed by atoms with Crippen LogP contribution in [-0.4, -0.2) is 5.48 Å². The third-order valence-electron chi connectivity index (χ3n) is 0. The van der Waals surface area contributed by atoms with E-state index in [9.17, 15) is 0 Å². The molecule has 0 bridgehead atoms. The van der Waals surface area contributed by atoms with Gasteiger partial charge in [-0.2, -0.15) is 0 Å². The summed E-state index contributed by atoms with van der Waals surface area (Å²) in [6, 6.07) is 0. The molecule has 0 fully saturated rings. The Balaban J connectivity index is 0. The molecule has 0 aliphatic heterocycles. The van der Waals surface area contributed by atoms with Crippen molar-refractivity contribution in [1.82, 2.24) is 0 Å². The van der Waals surface area contributed by atoms with Gasteiger partial charge in [0, 0.05) is 132 Å². The van der Waals surface area contributed by atoms with Gasteiger partial charge in [-0.15, -0.1) is 0 Å². The molecule has 0 unspecified atom stereocenters. The van der Waals surface area contributed by atoms with Crippen LogP contribution in [-0.2, 0) is 0 Å². The summed E-state index contributed by atoms with van der Waals surface area (Å²) in [5, 5.41) is 0. The van der Waals surface area contributed by atoms with E-state index in [-0.39, 0.29) is 167 Å². The second-order valence-corrected chi connectivity index (χ2v) is 0. The molecular weight excluding hydrogens is 720 g/mol. The molecule has 0 aliphatic rings. The maximum Gasteiger partial charge on any atom is 1.00 e. The Labute approximate surface area is 161 Å². The fraction of sp³-hybridized carbons (Fsp3) is 0. The summed E-state index contributed by atoms with van der Waals surface area (Å²) in [5.74, 6) is 0. The maximum atomic E-state index is 0. The van der Waals surface area contributed by atoms with E-state index in [4.69, 9.17) is 0 Å². The first-order valence-electron chi connectivity index (χ1n) is 0. The van der Waals surface area contributed by atoms with Gasteiger partial charge in [0.05, 0.1) is 0 Å². The third-order valence-corrected chi connectivity index (χ3v) is 0. The van der Waals surface area contributed by atoms with E-state index in [1.807, 2.05) is 0 Å². The molecule has 1 nitrogen and oxygen atoms in total. The van der Waals surface area contributed by atoms with Crippen LogP contribution in [0.3, 0.4) is 0 Å². The second-order valence-electron chi connectivity index (χ2n) is 0. The molecule has 5 heavy (non-hydrogen) atoms. The van der Waals surface area contributed by atoms with E-state index < -0.39 is 0 Å². The van der Waals surface area contributed by atoms with Crippen molar-refractivity contribution in [3.63, 3.8) is 0 Å². The Hall–Kier alpha value is 5.28.